The molecular formula is C18H21Cl2N3O. The fraction of sp³-hybridized carbons (Fsp3) is 0.333. The van der Waals surface area contributed by atoms with Crippen molar-refractivity contribution in [2.45, 2.75) is 25.3 Å². The van der Waals surface area contributed by atoms with Gasteiger partial charge >= 0.3 is 0 Å². The minimum Gasteiger partial charge on any atom is -0.490 e. The highest BCUT2D eigenvalue weighted by Crippen LogP contribution is 2.35. The van der Waals surface area contributed by atoms with E-state index in [0.29, 0.717) is 12.2 Å². The molecule has 1 aromatic carbocycles. The summed E-state index contributed by atoms with van der Waals surface area (Å²) in [6, 6.07) is 11.7. The molecule has 2 aromatic rings. The van der Waals surface area contributed by atoms with Crippen LogP contribution in [0.1, 0.15) is 24.1 Å². The summed E-state index contributed by atoms with van der Waals surface area (Å²) in [6.07, 6.45) is 4.07. The summed E-state index contributed by atoms with van der Waals surface area (Å²) in [6.45, 7) is 2.63. The van der Waals surface area contributed by atoms with E-state index in [1.54, 1.807) is 12.3 Å². The van der Waals surface area contributed by atoms with Gasteiger partial charge in [-0.1, -0.05) is 12.1 Å². The van der Waals surface area contributed by atoms with Gasteiger partial charge in [0.2, 0.25) is 0 Å². The standard InChI is InChI=1S/C18H19N3O.2ClH/c1-13-17(15-5-3-4-14(8-15)10-19)9-16(11-21-13)22-12-18(20-2)6-7-18;;/h3-5,8-9,11,20H,6-7,12H2,1-2H3;2*1H. The van der Waals surface area contributed by atoms with Crippen LogP contribution in [0, 0.1) is 18.3 Å². The van der Waals surface area contributed by atoms with Crippen LogP contribution >= 0.6 is 24.8 Å². The van der Waals surface area contributed by atoms with E-state index in [1.165, 1.54) is 0 Å². The first-order valence-electron chi connectivity index (χ1n) is 7.45. The number of pyridine rings is 1. The van der Waals surface area contributed by atoms with Crippen molar-refractivity contribution in [1.82, 2.24) is 10.3 Å². The fourth-order valence-electron chi connectivity index (χ4n) is 2.48. The molecule has 0 radical (unpaired) electrons. The Morgan fingerprint density at radius 2 is 2.04 bits per heavy atom. The maximum Gasteiger partial charge on any atom is 0.138 e. The van der Waals surface area contributed by atoms with Crippen molar-refractivity contribution in [3.63, 3.8) is 0 Å². The van der Waals surface area contributed by atoms with Crippen LogP contribution in [0.4, 0.5) is 0 Å². The van der Waals surface area contributed by atoms with Crippen molar-refractivity contribution in [1.29, 1.82) is 5.26 Å². The molecule has 0 atom stereocenters. The second-order valence-corrected chi connectivity index (χ2v) is 5.82. The third-order valence-electron chi connectivity index (χ3n) is 4.26. The monoisotopic (exact) mass is 365 g/mol. The number of benzene rings is 1. The van der Waals surface area contributed by atoms with Crippen LogP contribution < -0.4 is 10.1 Å². The van der Waals surface area contributed by atoms with E-state index < -0.39 is 0 Å². The Morgan fingerprint density at radius 3 is 2.67 bits per heavy atom. The summed E-state index contributed by atoms with van der Waals surface area (Å²) >= 11 is 0. The van der Waals surface area contributed by atoms with Crippen LogP contribution in [0.3, 0.4) is 0 Å². The van der Waals surface area contributed by atoms with Crippen molar-refractivity contribution < 1.29 is 4.74 Å². The maximum absolute atomic E-state index is 9.04. The average molecular weight is 366 g/mol. The molecule has 1 fully saturated rings. The zero-order valence-corrected chi connectivity index (χ0v) is 15.3. The van der Waals surface area contributed by atoms with Gasteiger partial charge in [-0.05, 0) is 50.6 Å². The molecular weight excluding hydrogens is 345 g/mol. The van der Waals surface area contributed by atoms with Crippen LogP contribution in [0.15, 0.2) is 36.5 Å². The summed E-state index contributed by atoms with van der Waals surface area (Å²) in [5.41, 5.74) is 3.71. The lowest BCUT2D eigenvalue weighted by Crippen LogP contribution is -2.33. The molecule has 3 rings (SSSR count). The summed E-state index contributed by atoms with van der Waals surface area (Å²) in [7, 11) is 1.97. The molecule has 1 saturated carbocycles. The van der Waals surface area contributed by atoms with E-state index in [1.807, 2.05) is 38.2 Å². The second kappa shape index (κ2) is 8.34. The van der Waals surface area contributed by atoms with Crippen LogP contribution in [0.25, 0.3) is 11.1 Å². The maximum atomic E-state index is 9.04. The average Bonchev–Trinajstić information content (AvgIpc) is 3.35. The lowest BCUT2D eigenvalue weighted by Gasteiger charge is -2.16. The van der Waals surface area contributed by atoms with Gasteiger partial charge in [0.05, 0.1) is 23.4 Å². The molecule has 6 heteroatoms. The number of likely N-dealkylation sites (N-methyl/N-ethyl adjacent to an activating group) is 1. The Morgan fingerprint density at radius 1 is 1.29 bits per heavy atom. The SMILES string of the molecule is CNC1(COc2cnc(C)c(-c3cccc(C#N)c3)c2)CC1.Cl.Cl. The minimum absolute atomic E-state index is 0. The predicted molar refractivity (Wildman–Crippen MR) is 100 cm³/mol. The number of nitrogens with one attached hydrogen (secondary N) is 1. The van der Waals surface area contributed by atoms with Gasteiger partial charge in [-0.15, -0.1) is 24.8 Å². The van der Waals surface area contributed by atoms with Crippen LogP contribution in [-0.4, -0.2) is 24.2 Å². The topological polar surface area (TPSA) is 57.9 Å². The Hall–Kier alpha value is -1.80. The third kappa shape index (κ3) is 4.39. The number of hydrogen-bond acceptors (Lipinski definition) is 4. The molecule has 0 bridgehead atoms. The van der Waals surface area contributed by atoms with Gasteiger partial charge in [-0.2, -0.15) is 5.26 Å². The molecule has 0 aliphatic heterocycles. The van der Waals surface area contributed by atoms with E-state index in [9.17, 15) is 0 Å². The smallest absolute Gasteiger partial charge is 0.138 e. The van der Waals surface area contributed by atoms with Crippen molar-refractivity contribution in [2.75, 3.05) is 13.7 Å². The first kappa shape index (κ1) is 20.2. The van der Waals surface area contributed by atoms with E-state index in [2.05, 4.69) is 16.4 Å². The highest BCUT2D eigenvalue weighted by molar-refractivity contribution is 5.85. The highest BCUT2D eigenvalue weighted by atomic mass is 35.5. The zero-order chi connectivity index (χ0) is 15.6. The Kier molecular flexibility index (Phi) is 7.04. The summed E-state index contributed by atoms with van der Waals surface area (Å²) < 4.78 is 5.91. The fourth-order valence-corrected chi connectivity index (χ4v) is 2.48. The Labute approximate surface area is 155 Å². The number of nitriles is 1. The third-order valence-corrected chi connectivity index (χ3v) is 4.26. The van der Waals surface area contributed by atoms with Crippen LogP contribution in [-0.2, 0) is 0 Å². The van der Waals surface area contributed by atoms with E-state index in [-0.39, 0.29) is 30.4 Å². The van der Waals surface area contributed by atoms with Gasteiger partial charge < -0.3 is 10.1 Å². The van der Waals surface area contributed by atoms with Gasteiger partial charge in [-0.3, -0.25) is 4.98 Å². The van der Waals surface area contributed by atoms with Gasteiger partial charge in [-0.25, -0.2) is 0 Å². The van der Waals surface area contributed by atoms with E-state index in [0.717, 1.165) is 35.4 Å². The summed E-state index contributed by atoms with van der Waals surface area (Å²) in [5.74, 6) is 0.768. The second-order valence-electron chi connectivity index (χ2n) is 5.82. The number of aromatic nitrogens is 1. The lowest BCUT2D eigenvalue weighted by atomic mass is 10.0. The van der Waals surface area contributed by atoms with Crippen LogP contribution in [0.5, 0.6) is 5.75 Å². The number of aryl methyl sites for hydroxylation is 1. The van der Waals surface area contributed by atoms with E-state index >= 15 is 0 Å². The summed E-state index contributed by atoms with van der Waals surface area (Å²) in [5, 5.41) is 12.4. The molecule has 4 nitrogen and oxygen atoms in total. The number of rotatable bonds is 5. The lowest BCUT2D eigenvalue weighted by molar-refractivity contribution is 0.259. The number of halogens is 2. The summed E-state index contributed by atoms with van der Waals surface area (Å²) in [4.78, 5) is 4.43. The molecule has 128 valence electrons. The number of ether oxygens (including phenoxy) is 1. The first-order valence-corrected chi connectivity index (χ1v) is 7.45. The van der Waals surface area contributed by atoms with Crippen molar-refractivity contribution in [3.8, 4) is 22.9 Å². The Bertz CT molecular complexity index is 739. The zero-order valence-electron chi connectivity index (χ0n) is 13.7. The van der Waals surface area contributed by atoms with E-state index in [4.69, 9.17) is 10.00 Å². The molecule has 0 unspecified atom stereocenters. The van der Waals surface area contributed by atoms with Crippen molar-refractivity contribution >= 4 is 24.8 Å². The molecule has 1 aromatic heterocycles. The minimum atomic E-state index is 0. The molecule has 0 spiro atoms. The quantitative estimate of drug-likeness (QED) is 0.872. The normalized spacial score (nSPS) is 13.9. The van der Waals surface area contributed by atoms with Gasteiger partial charge in [0.25, 0.3) is 0 Å². The van der Waals surface area contributed by atoms with Crippen molar-refractivity contribution in [2.24, 2.45) is 0 Å². The first-order chi connectivity index (χ1) is 10.7. The largest absolute Gasteiger partial charge is 0.490 e. The number of hydrogen-bond donors (Lipinski definition) is 1. The molecule has 1 heterocycles. The Balaban J connectivity index is 0.00000144. The van der Waals surface area contributed by atoms with Crippen LogP contribution in [0.2, 0.25) is 0 Å². The predicted octanol–water partition coefficient (Wildman–Crippen LogP) is 3.90. The van der Waals surface area contributed by atoms with Gasteiger partial charge in [0.1, 0.15) is 12.4 Å². The molecule has 1 aliphatic carbocycles. The molecule has 0 saturated heterocycles. The van der Waals surface area contributed by atoms with Crippen molar-refractivity contribution in [3.05, 3.63) is 47.8 Å². The molecule has 1 N–H and O–H groups in total. The highest BCUT2D eigenvalue weighted by Gasteiger charge is 2.41. The molecule has 1 aliphatic rings. The van der Waals surface area contributed by atoms with Gasteiger partial charge in [0, 0.05) is 11.3 Å². The van der Waals surface area contributed by atoms with Gasteiger partial charge in [0.15, 0.2) is 0 Å². The molecule has 24 heavy (non-hydrogen) atoms. The molecule has 0 amide bonds. The number of nitrogens with zero attached hydrogens (tertiary/aromatic N) is 2.